The Morgan fingerprint density at radius 1 is 1.24 bits per heavy atom. The van der Waals surface area contributed by atoms with Crippen LogP contribution in [0.2, 0.25) is 0 Å². The summed E-state index contributed by atoms with van der Waals surface area (Å²) in [6, 6.07) is 5.13. The van der Waals surface area contributed by atoms with Gasteiger partial charge in [0.1, 0.15) is 0 Å². The molecule has 3 aromatic rings. The lowest BCUT2D eigenvalue weighted by Crippen LogP contribution is -2.40. The molecular weight excluding hydrogens is 414 g/mol. The van der Waals surface area contributed by atoms with Gasteiger partial charge in [0.2, 0.25) is 15.9 Å². The van der Waals surface area contributed by atoms with Gasteiger partial charge in [0.25, 0.3) is 0 Å². The van der Waals surface area contributed by atoms with Crippen LogP contribution < -0.4 is 0 Å². The maximum Gasteiger partial charge on any atom is 0.243 e. The summed E-state index contributed by atoms with van der Waals surface area (Å²) in [5.74, 6) is 1.13. The second kappa shape index (κ2) is 8.05. The van der Waals surface area contributed by atoms with Crippen molar-refractivity contribution in [3.05, 3.63) is 29.9 Å². The average molecular weight is 438 g/mol. The highest BCUT2D eigenvalue weighted by Gasteiger charge is 2.27. The molecule has 0 radical (unpaired) electrons. The molecule has 1 fully saturated rings. The third kappa shape index (κ3) is 3.91. The predicted molar refractivity (Wildman–Crippen MR) is 108 cm³/mol. The van der Waals surface area contributed by atoms with E-state index in [1.807, 2.05) is 19.9 Å². The van der Waals surface area contributed by atoms with Gasteiger partial charge in [-0.1, -0.05) is 16.9 Å². The van der Waals surface area contributed by atoms with Crippen LogP contribution in [0.4, 0.5) is 0 Å². The van der Waals surface area contributed by atoms with Gasteiger partial charge in [0.05, 0.1) is 34.4 Å². The summed E-state index contributed by atoms with van der Waals surface area (Å²) < 4.78 is 40.0. The SMILES string of the molecule is CCn1c(S[C@H](C)c2nc(C)no2)nc2cc(S(=O)(=O)N3CCOCC3)ccc21. The third-order valence-electron chi connectivity index (χ3n) is 4.78. The van der Waals surface area contributed by atoms with Crippen LogP contribution in [0.3, 0.4) is 0 Å². The Hall–Kier alpha value is -1.95. The zero-order valence-corrected chi connectivity index (χ0v) is 18.2. The summed E-state index contributed by atoms with van der Waals surface area (Å²) in [5.41, 5.74) is 1.54. The Morgan fingerprint density at radius 3 is 2.66 bits per heavy atom. The zero-order chi connectivity index (χ0) is 20.6. The average Bonchev–Trinajstić information content (AvgIpc) is 3.30. The molecule has 29 heavy (non-hydrogen) atoms. The Morgan fingerprint density at radius 2 is 2.00 bits per heavy atom. The topological polar surface area (TPSA) is 103 Å². The number of rotatable bonds is 6. The number of sulfonamides is 1. The van der Waals surface area contributed by atoms with E-state index in [0.717, 1.165) is 10.7 Å². The molecule has 4 rings (SSSR count). The first-order chi connectivity index (χ1) is 13.9. The number of fused-ring (bicyclic) bond motifs is 1. The van der Waals surface area contributed by atoms with Gasteiger partial charge in [-0.3, -0.25) is 0 Å². The number of hydrogen-bond acceptors (Lipinski definition) is 8. The van der Waals surface area contributed by atoms with E-state index in [-0.39, 0.29) is 10.1 Å². The van der Waals surface area contributed by atoms with Crippen LogP contribution in [0.5, 0.6) is 0 Å². The number of ether oxygens (including phenoxy) is 1. The van der Waals surface area contributed by atoms with Crippen molar-refractivity contribution in [3.63, 3.8) is 0 Å². The van der Waals surface area contributed by atoms with Crippen LogP contribution in [0.15, 0.2) is 32.8 Å². The summed E-state index contributed by atoms with van der Waals surface area (Å²) in [4.78, 5) is 9.24. The Balaban J connectivity index is 1.67. The lowest BCUT2D eigenvalue weighted by Gasteiger charge is -2.26. The highest BCUT2D eigenvalue weighted by molar-refractivity contribution is 7.99. The van der Waals surface area contributed by atoms with E-state index in [4.69, 9.17) is 14.2 Å². The van der Waals surface area contributed by atoms with Gasteiger partial charge >= 0.3 is 0 Å². The van der Waals surface area contributed by atoms with Gasteiger partial charge in [-0.25, -0.2) is 13.4 Å². The molecule has 0 aliphatic carbocycles. The first-order valence-electron chi connectivity index (χ1n) is 9.45. The molecule has 1 aromatic carbocycles. The van der Waals surface area contributed by atoms with Crippen molar-refractivity contribution >= 4 is 32.8 Å². The summed E-state index contributed by atoms with van der Waals surface area (Å²) in [6.07, 6.45) is 0. The number of benzene rings is 1. The lowest BCUT2D eigenvalue weighted by molar-refractivity contribution is 0.0730. The van der Waals surface area contributed by atoms with Gasteiger partial charge < -0.3 is 13.8 Å². The molecule has 3 heterocycles. The van der Waals surface area contributed by atoms with E-state index in [9.17, 15) is 8.42 Å². The van der Waals surface area contributed by atoms with Crippen molar-refractivity contribution in [3.8, 4) is 0 Å². The first-order valence-corrected chi connectivity index (χ1v) is 11.8. The second-order valence-corrected chi connectivity index (χ2v) is 9.99. The first kappa shape index (κ1) is 20.3. The maximum absolute atomic E-state index is 13.0. The Bertz CT molecular complexity index is 1120. The van der Waals surface area contributed by atoms with Crippen LogP contribution in [-0.4, -0.2) is 58.7 Å². The monoisotopic (exact) mass is 437 g/mol. The third-order valence-corrected chi connectivity index (χ3v) is 7.75. The molecule has 1 aliphatic heterocycles. The molecule has 1 saturated heterocycles. The van der Waals surface area contributed by atoms with Crippen LogP contribution in [-0.2, 0) is 21.3 Å². The molecule has 2 aromatic heterocycles. The van der Waals surface area contributed by atoms with Crippen molar-refractivity contribution in [2.45, 2.75) is 42.6 Å². The molecule has 11 heteroatoms. The van der Waals surface area contributed by atoms with Crippen LogP contribution in [0, 0.1) is 6.92 Å². The Kier molecular flexibility index (Phi) is 5.65. The van der Waals surface area contributed by atoms with Gasteiger partial charge in [-0.05, 0) is 39.0 Å². The number of aromatic nitrogens is 4. The number of hydrogen-bond donors (Lipinski definition) is 0. The summed E-state index contributed by atoms with van der Waals surface area (Å²) in [7, 11) is -3.56. The Labute approximate surface area is 173 Å². The maximum atomic E-state index is 13.0. The normalized spacial score (nSPS) is 17.1. The van der Waals surface area contributed by atoms with Crippen molar-refractivity contribution in [1.29, 1.82) is 0 Å². The molecule has 1 aliphatic rings. The lowest BCUT2D eigenvalue weighted by atomic mass is 10.3. The minimum atomic E-state index is -3.56. The molecular formula is C18H23N5O4S2. The van der Waals surface area contributed by atoms with Gasteiger partial charge in [-0.15, -0.1) is 0 Å². The van der Waals surface area contributed by atoms with E-state index in [2.05, 4.69) is 14.7 Å². The largest absolute Gasteiger partial charge is 0.379 e. The van der Waals surface area contributed by atoms with Crippen molar-refractivity contribution < 1.29 is 17.7 Å². The number of imidazole rings is 1. The number of morpholine rings is 1. The minimum Gasteiger partial charge on any atom is -0.379 e. The fourth-order valence-corrected chi connectivity index (χ4v) is 5.71. The van der Waals surface area contributed by atoms with Crippen molar-refractivity contribution in [1.82, 2.24) is 24.0 Å². The summed E-state index contributed by atoms with van der Waals surface area (Å²) >= 11 is 1.51. The molecule has 156 valence electrons. The van der Waals surface area contributed by atoms with Gasteiger partial charge in [0, 0.05) is 19.6 Å². The van der Waals surface area contributed by atoms with Gasteiger partial charge in [0.15, 0.2) is 11.0 Å². The van der Waals surface area contributed by atoms with Crippen LogP contribution in [0.1, 0.15) is 30.8 Å². The molecule has 0 spiro atoms. The molecule has 0 bridgehead atoms. The summed E-state index contributed by atoms with van der Waals surface area (Å²) in [6.45, 7) is 8.07. The highest BCUT2D eigenvalue weighted by Crippen LogP contribution is 2.35. The van der Waals surface area contributed by atoms with Crippen LogP contribution >= 0.6 is 11.8 Å². The molecule has 0 unspecified atom stereocenters. The van der Waals surface area contributed by atoms with E-state index in [1.165, 1.54) is 16.1 Å². The molecule has 1 atom stereocenters. The zero-order valence-electron chi connectivity index (χ0n) is 16.5. The molecule has 0 saturated carbocycles. The van der Waals surface area contributed by atoms with Crippen molar-refractivity contribution in [2.75, 3.05) is 26.3 Å². The smallest absolute Gasteiger partial charge is 0.243 e. The quantitative estimate of drug-likeness (QED) is 0.542. The predicted octanol–water partition coefficient (Wildman–Crippen LogP) is 2.62. The van der Waals surface area contributed by atoms with Crippen molar-refractivity contribution in [2.24, 2.45) is 0 Å². The number of aryl methyl sites for hydroxylation is 2. The second-order valence-electron chi connectivity index (χ2n) is 6.75. The number of thioether (sulfide) groups is 1. The fraction of sp³-hybridized carbons (Fsp3) is 0.500. The molecule has 0 amide bonds. The standard InChI is InChI=1S/C18H23N5O4S2/c1-4-23-16-6-5-14(29(24,25)22-7-9-26-10-8-22)11-15(16)20-18(23)28-12(2)17-19-13(3)21-27-17/h5-6,11-12H,4,7-10H2,1-3H3/t12-/m1/s1. The summed E-state index contributed by atoms with van der Waals surface area (Å²) in [5, 5.41) is 4.55. The van der Waals surface area contributed by atoms with E-state index >= 15 is 0 Å². The fourth-order valence-electron chi connectivity index (χ4n) is 3.27. The minimum absolute atomic E-state index is 0.0742. The van der Waals surface area contributed by atoms with E-state index in [1.54, 1.807) is 19.1 Å². The highest BCUT2D eigenvalue weighted by atomic mass is 32.2. The molecule has 0 N–H and O–H groups in total. The van der Waals surface area contributed by atoms with Crippen LogP contribution in [0.25, 0.3) is 11.0 Å². The van der Waals surface area contributed by atoms with E-state index < -0.39 is 10.0 Å². The van der Waals surface area contributed by atoms with E-state index in [0.29, 0.717) is 50.1 Å². The number of nitrogens with zero attached hydrogens (tertiary/aromatic N) is 5. The van der Waals surface area contributed by atoms with Gasteiger partial charge in [-0.2, -0.15) is 9.29 Å². The molecule has 9 nitrogen and oxygen atoms in total.